The maximum atomic E-state index is 12.6. The molecule has 0 aromatic carbocycles. The number of likely N-dealkylation sites (tertiary alicyclic amines) is 1. The first kappa shape index (κ1) is 16.0. The molecular weight excluding hydrogens is 320 g/mol. The Balaban J connectivity index is 1.62. The van der Waals surface area contributed by atoms with Crippen molar-refractivity contribution in [2.75, 3.05) is 31.6 Å². The Hall–Kier alpha value is -0.920. The molecule has 5 nitrogen and oxygen atoms in total. The summed E-state index contributed by atoms with van der Waals surface area (Å²) in [6, 6.07) is 2.27. The van der Waals surface area contributed by atoms with Crippen molar-refractivity contribution in [1.82, 2.24) is 9.80 Å². The molecule has 22 heavy (non-hydrogen) atoms. The van der Waals surface area contributed by atoms with E-state index in [1.807, 2.05) is 22.2 Å². The van der Waals surface area contributed by atoms with E-state index in [9.17, 15) is 13.2 Å². The van der Waals surface area contributed by atoms with Crippen molar-refractivity contribution in [2.45, 2.75) is 31.3 Å². The van der Waals surface area contributed by atoms with E-state index in [1.54, 1.807) is 11.3 Å². The lowest BCUT2D eigenvalue weighted by Crippen LogP contribution is -2.43. The number of hydrogen-bond donors (Lipinski definition) is 0. The van der Waals surface area contributed by atoms with Gasteiger partial charge in [-0.1, -0.05) is 0 Å². The Labute approximate surface area is 135 Å². The third-order valence-corrected chi connectivity index (χ3v) is 7.17. The van der Waals surface area contributed by atoms with E-state index in [4.69, 9.17) is 0 Å². The third kappa shape index (κ3) is 3.36. The molecule has 0 N–H and O–H groups in total. The van der Waals surface area contributed by atoms with Gasteiger partial charge in [0.15, 0.2) is 9.84 Å². The fourth-order valence-electron chi connectivity index (χ4n) is 3.43. The van der Waals surface area contributed by atoms with Crippen LogP contribution in [0.5, 0.6) is 0 Å². The fraction of sp³-hybridized carbons (Fsp3) is 0.667. The Kier molecular flexibility index (Phi) is 4.56. The van der Waals surface area contributed by atoms with Crippen LogP contribution in [0.2, 0.25) is 0 Å². The zero-order valence-corrected chi connectivity index (χ0v) is 14.4. The number of thiophene rings is 1. The quantitative estimate of drug-likeness (QED) is 0.833. The second-order valence-electron chi connectivity index (χ2n) is 6.27. The van der Waals surface area contributed by atoms with Crippen molar-refractivity contribution >= 4 is 27.1 Å². The molecule has 1 aromatic rings. The molecule has 3 heterocycles. The summed E-state index contributed by atoms with van der Waals surface area (Å²) in [4.78, 5) is 16.5. The van der Waals surface area contributed by atoms with Crippen molar-refractivity contribution < 1.29 is 13.2 Å². The molecule has 3 rings (SSSR count). The summed E-state index contributed by atoms with van der Waals surface area (Å²) in [5, 5.41) is 4.16. The van der Waals surface area contributed by atoms with E-state index in [0.717, 1.165) is 19.4 Å². The number of amides is 1. The van der Waals surface area contributed by atoms with Crippen LogP contribution in [0.4, 0.5) is 0 Å². The second kappa shape index (κ2) is 6.29. The number of hydrogen-bond acceptors (Lipinski definition) is 5. The topological polar surface area (TPSA) is 57.7 Å². The first-order chi connectivity index (χ1) is 10.5. The molecule has 0 aliphatic carbocycles. The summed E-state index contributed by atoms with van der Waals surface area (Å²) in [6.45, 7) is 1.11. The van der Waals surface area contributed by atoms with E-state index >= 15 is 0 Å². The van der Waals surface area contributed by atoms with E-state index in [-0.39, 0.29) is 29.5 Å². The number of sulfone groups is 1. The zero-order valence-electron chi connectivity index (χ0n) is 12.8. The second-order valence-corrected chi connectivity index (χ2v) is 9.28. The maximum absolute atomic E-state index is 12.6. The monoisotopic (exact) mass is 342 g/mol. The van der Waals surface area contributed by atoms with Crippen molar-refractivity contribution in [2.24, 2.45) is 0 Å². The van der Waals surface area contributed by atoms with Gasteiger partial charge in [-0.05, 0) is 48.7 Å². The molecule has 2 aliphatic rings. The average molecular weight is 342 g/mol. The summed E-state index contributed by atoms with van der Waals surface area (Å²) < 4.78 is 23.1. The first-order valence-corrected chi connectivity index (χ1v) is 10.4. The van der Waals surface area contributed by atoms with Crippen LogP contribution in [0.1, 0.15) is 30.9 Å². The molecule has 2 unspecified atom stereocenters. The van der Waals surface area contributed by atoms with Crippen LogP contribution >= 0.6 is 11.3 Å². The largest absolute Gasteiger partial charge is 0.335 e. The summed E-state index contributed by atoms with van der Waals surface area (Å²) in [5.41, 5.74) is 1.22. The number of carbonyl (C=O) groups excluding carboxylic acids is 1. The molecule has 0 saturated carbocycles. The average Bonchev–Trinajstić information content (AvgIpc) is 3.17. The highest BCUT2D eigenvalue weighted by atomic mass is 32.2. The Morgan fingerprint density at radius 3 is 2.91 bits per heavy atom. The zero-order chi connectivity index (χ0) is 15.7. The minimum absolute atomic E-state index is 0.0175. The van der Waals surface area contributed by atoms with E-state index in [0.29, 0.717) is 13.0 Å². The highest BCUT2D eigenvalue weighted by molar-refractivity contribution is 7.91. The summed E-state index contributed by atoms with van der Waals surface area (Å²) in [7, 11) is -1.05. The highest BCUT2D eigenvalue weighted by Gasteiger charge is 2.34. The smallest absolute Gasteiger partial charge is 0.237 e. The van der Waals surface area contributed by atoms with Gasteiger partial charge < -0.3 is 4.90 Å². The third-order valence-electron chi connectivity index (χ3n) is 4.72. The van der Waals surface area contributed by atoms with E-state index in [2.05, 4.69) is 11.4 Å². The molecule has 0 radical (unpaired) electrons. The molecule has 2 saturated heterocycles. The van der Waals surface area contributed by atoms with Gasteiger partial charge in [0.1, 0.15) is 0 Å². The molecule has 7 heteroatoms. The Morgan fingerprint density at radius 1 is 1.45 bits per heavy atom. The van der Waals surface area contributed by atoms with Gasteiger partial charge in [0.05, 0.1) is 24.1 Å². The lowest BCUT2D eigenvalue weighted by atomic mass is 10.1. The van der Waals surface area contributed by atoms with Gasteiger partial charge >= 0.3 is 0 Å². The molecule has 2 fully saturated rings. The van der Waals surface area contributed by atoms with E-state index in [1.165, 1.54) is 5.56 Å². The van der Waals surface area contributed by atoms with Gasteiger partial charge in [0.25, 0.3) is 0 Å². The number of likely N-dealkylation sites (N-methyl/N-ethyl adjacent to an activating group) is 1. The van der Waals surface area contributed by atoms with E-state index < -0.39 is 9.84 Å². The summed E-state index contributed by atoms with van der Waals surface area (Å²) in [6.07, 6.45) is 2.69. The van der Waals surface area contributed by atoms with Crippen LogP contribution in [0.3, 0.4) is 0 Å². The maximum Gasteiger partial charge on any atom is 0.237 e. The fourth-order valence-corrected chi connectivity index (χ4v) is 5.94. The van der Waals surface area contributed by atoms with Crippen LogP contribution in [0.25, 0.3) is 0 Å². The van der Waals surface area contributed by atoms with Crippen LogP contribution < -0.4 is 0 Å². The Bertz CT molecular complexity index is 627. The van der Waals surface area contributed by atoms with Gasteiger partial charge in [0.2, 0.25) is 5.91 Å². The molecule has 2 aliphatic heterocycles. The van der Waals surface area contributed by atoms with Gasteiger partial charge in [-0.25, -0.2) is 8.42 Å². The lowest BCUT2D eigenvalue weighted by molar-refractivity contribution is -0.133. The van der Waals surface area contributed by atoms with Gasteiger partial charge in [-0.2, -0.15) is 11.3 Å². The lowest BCUT2D eigenvalue weighted by Gasteiger charge is -2.29. The molecule has 0 spiro atoms. The van der Waals surface area contributed by atoms with Gasteiger partial charge in [-0.15, -0.1) is 0 Å². The minimum Gasteiger partial charge on any atom is -0.335 e. The molecular formula is C15H22N2O3S2. The predicted octanol–water partition coefficient (Wildman–Crippen LogP) is 1.53. The molecule has 1 aromatic heterocycles. The molecule has 1 amide bonds. The normalized spacial score (nSPS) is 27.6. The summed E-state index contributed by atoms with van der Waals surface area (Å²) in [5.74, 6) is 0.544. The minimum atomic E-state index is -2.91. The van der Waals surface area contributed by atoms with Crippen LogP contribution in [-0.4, -0.2) is 61.8 Å². The Morgan fingerprint density at radius 2 is 2.27 bits per heavy atom. The van der Waals surface area contributed by atoms with Crippen molar-refractivity contribution in [3.63, 3.8) is 0 Å². The van der Waals surface area contributed by atoms with Crippen molar-refractivity contribution in [3.8, 4) is 0 Å². The van der Waals surface area contributed by atoms with Crippen LogP contribution in [-0.2, 0) is 14.6 Å². The summed E-state index contributed by atoms with van der Waals surface area (Å²) >= 11 is 1.66. The SMILES string of the molecule is CN(CC(=O)N1CCCC1c1ccsc1)C1CCS(=O)(=O)C1. The van der Waals surface area contributed by atoms with Gasteiger partial charge in [-0.3, -0.25) is 9.69 Å². The number of rotatable bonds is 4. The van der Waals surface area contributed by atoms with Crippen molar-refractivity contribution in [1.29, 1.82) is 0 Å². The molecule has 2 atom stereocenters. The molecule has 122 valence electrons. The number of nitrogens with zero attached hydrogens (tertiary/aromatic N) is 2. The van der Waals surface area contributed by atoms with Gasteiger partial charge in [0, 0.05) is 12.6 Å². The van der Waals surface area contributed by atoms with Crippen LogP contribution in [0, 0.1) is 0 Å². The number of carbonyl (C=O) groups is 1. The predicted molar refractivity (Wildman–Crippen MR) is 87.7 cm³/mol. The first-order valence-electron chi connectivity index (χ1n) is 7.68. The van der Waals surface area contributed by atoms with Crippen LogP contribution in [0.15, 0.2) is 16.8 Å². The molecule has 0 bridgehead atoms. The standard InChI is InChI=1S/C15H22N2O3S2/c1-16(13-5-8-22(19,20)11-13)9-15(18)17-6-2-3-14(17)12-4-7-21-10-12/h4,7,10,13-14H,2-3,5-6,8-9,11H2,1H3. The highest BCUT2D eigenvalue weighted by Crippen LogP contribution is 2.33. The van der Waals surface area contributed by atoms with Crippen molar-refractivity contribution in [3.05, 3.63) is 22.4 Å².